The fourth-order valence-corrected chi connectivity index (χ4v) is 7.50. The number of rotatable bonds is 5. The molecule has 0 saturated heterocycles. The van der Waals surface area contributed by atoms with E-state index >= 15 is 0 Å². The third-order valence-corrected chi connectivity index (χ3v) is 9.95. The van der Waals surface area contributed by atoms with E-state index in [0.717, 1.165) is 55.5 Å². The third-order valence-electron chi connectivity index (χ3n) is 9.95. The van der Waals surface area contributed by atoms with Crippen LogP contribution in [0.2, 0.25) is 0 Å². The second kappa shape index (κ2) is 12.0. The summed E-state index contributed by atoms with van der Waals surface area (Å²) in [6.45, 7) is 12.6. The lowest BCUT2D eigenvalue weighted by Crippen LogP contribution is -2.15. The van der Waals surface area contributed by atoms with E-state index in [1.807, 2.05) is 85.1 Å². The van der Waals surface area contributed by atoms with Crippen molar-refractivity contribution in [1.82, 2.24) is 19.9 Å². The Bertz CT molecular complexity index is 2600. The first-order valence-corrected chi connectivity index (χ1v) is 17.0. The van der Waals surface area contributed by atoms with Crippen molar-refractivity contribution in [2.24, 2.45) is 0 Å². The van der Waals surface area contributed by atoms with E-state index in [-0.39, 0.29) is 5.41 Å². The lowest BCUT2D eigenvalue weighted by molar-refractivity contribution is 0.666. The third kappa shape index (κ3) is 5.17. The molecular formula is C46H31N5. The molecule has 0 unspecified atom stereocenters. The minimum Gasteiger partial charge on any atom is -0.264 e. The smallest absolute Gasteiger partial charge is 0.195 e. The molecule has 0 N–H and O–H groups in total. The summed E-state index contributed by atoms with van der Waals surface area (Å²) in [5, 5.41) is 2.29. The van der Waals surface area contributed by atoms with Crippen LogP contribution in [0.1, 0.15) is 25.0 Å². The minimum absolute atomic E-state index is 0.311. The molecule has 2 heterocycles. The Morgan fingerprint density at radius 2 is 1.12 bits per heavy atom. The van der Waals surface area contributed by atoms with Crippen molar-refractivity contribution in [3.05, 3.63) is 174 Å². The number of hydrogen-bond acceptors (Lipinski definition) is 4. The van der Waals surface area contributed by atoms with Gasteiger partial charge < -0.3 is 0 Å². The van der Waals surface area contributed by atoms with Gasteiger partial charge >= 0.3 is 0 Å². The molecule has 0 spiro atoms. The maximum absolute atomic E-state index is 8.09. The fourth-order valence-electron chi connectivity index (χ4n) is 7.50. The van der Waals surface area contributed by atoms with Gasteiger partial charge in [0.15, 0.2) is 23.2 Å². The van der Waals surface area contributed by atoms with Gasteiger partial charge in [-0.1, -0.05) is 117 Å². The normalized spacial score (nSPS) is 12.6. The van der Waals surface area contributed by atoms with Crippen molar-refractivity contribution in [3.8, 4) is 67.5 Å². The fraction of sp³-hybridized carbons (Fsp3) is 0.0652. The van der Waals surface area contributed by atoms with Gasteiger partial charge in [-0.3, -0.25) is 4.98 Å². The van der Waals surface area contributed by atoms with Crippen LogP contribution in [0, 0.1) is 6.57 Å². The topological polar surface area (TPSA) is 55.9 Å². The van der Waals surface area contributed by atoms with Gasteiger partial charge in [0.25, 0.3) is 0 Å². The summed E-state index contributed by atoms with van der Waals surface area (Å²) in [5.41, 5.74) is 11.9. The average Bonchev–Trinajstić information content (AvgIpc) is 3.44. The zero-order valence-corrected chi connectivity index (χ0v) is 28.2. The Hall–Kier alpha value is -6.77. The van der Waals surface area contributed by atoms with E-state index in [0.29, 0.717) is 23.2 Å². The molecule has 0 saturated carbocycles. The van der Waals surface area contributed by atoms with Crippen molar-refractivity contribution in [1.29, 1.82) is 0 Å². The Morgan fingerprint density at radius 3 is 1.76 bits per heavy atom. The van der Waals surface area contributed by atoms with Gasteiger partial charge in [-0.25, -0.2) is 19.8 Å². The Morgan fingerprint density at radius 1 is 0.529 bits per heavy atom. The molecule has 5 nitrogen and oxygen atoms in total. The molecule has 0 amide bonds. The van der Waals surface area contributed by atoms with Crippen molar-refractivity contribution in [2.45, 2.75) is 19.3 Å². The molecule has 51 heavy (non-hydrogen) atoms. The second-order valence-electron chi connectivity index (χ2n) is 13.4. The van der Waals surface area contributed by atoms with Crippen molar-refractivity contribution in [3.63, 3.8) is 0 Å². The van der Waals surface area contributed by atoms with Crippen LogP contribution in [0.15, 0.2) is 152 Å². The highest BCUT2D eigenvalue weighted by Crippen LogP contribution is 2.55. The summed E-state index contributed by atoms with van der Waals surface area (Å²) >= 11 is 0. The highest BCUT2D eigenvalue weighted by atomic mass is 15.0. The largest absolute Gasteiger partial charge is 0.264 e. The van der Waals surface area contributed by atoms with Crippen LogP contribution in [0.4, 0.5) is 5.69 Å². The molecule has 9 rings (SSSR count). The first kappa shape index (κ1) is 30.3. The molecule has 0 bridgehead atoms. The highest BCUT2D eigenvalue weighted by Gasteiger charge is 2.38. The van der Waals surface area contributed by atoms with E-state index < -0.39 is 0 Å². The number of hydrogen-bond donors (Lipinski definition) is 0. The van der Waals surface area contributed by atoms with Crippen LogP contribution in [-0.2, 0) is 5.41 Å². The molecule has 0 aliphatic heterocycles. The molecule has 0 fully saturated rings. The Labute approximate surface area is 296 Å². The molecule has 240 valence electrons. The zero-order chi connectivity index (χ0) is 34.5. The summed E-state index contributed by atoms with van der Waals surface area (Å²) in [6, 6.07) is 47.8. The lowest BCUT2D eigenvalue weighted by Gasteiger charge is -2.24. The Kier molecular flexibility index (Phi) is 7.12. The van der Waals surface area contributed by atoms with Gasteiger partial charge in [0, 0.05) is 40.1 Å². The number of nitrogens with zero attached hydrogens (tertiary/aromatic N) is 5. The van der Waals surface area contributed by atoms with Crippen LogP contribution >= 0.6 is 0 Å². The molecule has 1 aliphatic rings. The summed E-state index contributed by atoms with van der Waals surface area (Å²) in [6.07, 6.45) is 3.68. The van der Waals surface area contributed by atoms with Gasteiger partial charge in [-0.15, -0.1) is 0 Å². The SMILES string of the molecule is [C-]#[N+]c1cc2ccccc2c2c1-c1ccc(-c3cc(-c4cccnc4)cc(-c4nc(-c5ccccc5)nc(-c5ccccc5)n4)c3)cc1C2(C)C. The molecule has 0 radical (unpaired) electrons. The maximum Gasteiger partial charge on any atom is 0.195 e. The zero-order valence-electron chi connectivity index (χ0n) is 28.2. The molecular weight excluding hydrogens is 623 g/mol. The van der Waals surface area contributed by atoms with Gasteiger partial charge in [0.1, 0.15) is 0 Å². The predicted molar refractivity (Wildman–Crippen MR) is 206 cm³/mol. The Balaban J connectivity index is 1.25. The number of benzene rings is 6. The number of pyridine rings is 1. The standard InChI is InChI=1S/C46H31N5/c1-46(2)39-26-31(20-21-38(39)41-40(47-3)27-32-17-10-11-19-37(32)42(41)46)34-23-35(33-18-12-22-48-28-33)25-36(24-34)45-50-43(29-13-6-4-7-14-29)49-44(51-45)30-15-8-5-9-16-30/h4-28H,1-2H3. The number of aromatic nitrogens is 4. The molecule has 6 aromatic carbocycles. The van der Waals surface area contributed by atoms with E-state index in [1.54, 1.807) is 6.20 Å². The molecule has 1 aliphatic carbocycles. The van der Waals surface area contributed by atoms with E-state index in [4.69, 9.17) is 21.5 Å². The first-order chi connectivity index (χ1) is 25.0. The maximum atomic E-state index is 8.09. The quantitative estimate of drug-likeness (QED) is 0.173. The second-order valence-corrected chi connectivity index (χ2v) is 13.4. The van der Waals surface area contributed by atoms with Gasteiger partial charge in [0.2, 0.25) is 0 Å². The van der Waals surface area contributed by atoms with Crippen LogP contribution in [0.25, 0.3) is 83.2 Å². The summed E-state index contributed by atoms with van der Waals surface area (Å²) < 4.78 is 0. The molecule has 8 aromatic rings. The summed E-state index contributed by atoms with van der Waals surface area (Å²) in [5.74, 6) is 1.83. The lowest BCUT2D eigenvalue weighted by atomic mass is 9.79. The van der Waals surface area contributed by atoms with Gasteiger partial charge in [-0.05, 0) is 86.1 Å². The minimum atomic E-state index is -0.311. The van der Waals surface area contributed by atoms with Crippen molar-refractivity contribution < 1.29 is 0 Å². The molecule has 5 heteroatoms. The van der Waals surface area contributed by atoms with Crippen LogP contribution in [0.5, 0.6) is 0 Å². The summed E-state index contributed by atoms with van der Waals surface area (Å²) in [4.78, 5) is 23.5. The number of fused-ring (bicyclic) bond motifs is 5. The van der Waals surface area contributed by atoms with Crippen molar-refractivity contribution in [2.75, 3.05) is 0 Å². The van der Waals surface area contributed by atoms with Gasteiger partial charge in [-0.2, -0.15) is 0 Å². The van der Waals surface area contributed by atoms with E-state index in [9.17, 15) is 0 Å². The average molecular weight is 654 g/mol. The first-order valence-electron chi connectivity index (χ1n) is 17.0. The van der Waals surface area contributed by atoms with Crippen molar-refractivity contribution >= 4 is 16.5 Å². The van der Waals surface area contributed by atoms with Gasteiger partial charge in [0.05, 0.1) is 6.57 Å². The van der Waals surface area contributed by atoms with E-state index in [2.05, 4.69) is 84.3 Å². The molecule has 2 aromatic heterocycles. The van der Waals surface area contributed by atoms with E-state index in [1.165, 1.54) is 16.5 Å². The van der Waals surface area contributed by atoms with Crippen LogP contribution in [-0.4, -0.2) is 19.9 Å². The predicted octanol–water partition coefficient (Wildman–Crippen LogP) is 11.6. The van der Waals surface area contributed by atoms with Crippen LogP contribution < -0.4 is 0 Å². The molecule has 0 atom stereocenters. The van der Waals surface area contributed by atoms with Crippen LogP contribution in [0.3, 0.4) is 0 Å². The monoisotopic (exact) mass is 653 g/mol. The highest BCUT2D eigenvalue weighted by molar-refractivity contribution is 6.04. The summed E-state index contributed by atoms with van der Waals surface area (Å²) in [7, 11) is 0.